The number of anilines is 2. The standard InChI is InChI=1S/C32H40N10O3S2.C2HF3O2/c1-40(26(43)6-4-3-5-25-27-24(19-47-25)34-32(45)35-27)16-17-41(2)31-36-29(23-13-18-46-30(23)37-31)42-14-11-21(12-15-42)28(44)20-7-9-22(10-8-20)38-39-33;3-2(4,5)1(6)7/h7-10,13,18,21,24-25,27H,3-6,11-12,14-17,19H2,1-2H3,(H2,34,35,45);(H,6,7)/t24-,25-,27-;/m0./s1. The highest BCUT2D eigenvalue weighted by Crippen LogP contribution is 2.34. The van der Waals surface area contributed by atoms with Gasteiger partial charge in [-0.25, -0.2) is 14.6 Å². The van der Waals surface area contributed by atoms with Crippen molar-refractivity contribution in [3.63, 3.8) is 0 Å². The van der Waals surface area contributed by atoms with Crippen LogP contribution in [0.1, 0.15) is 48.9 Å². The zero-order valence-corrected chi connectivity index (χ0v) is 31.3. The average molecular weight is 791 g/mol. The number of nitrogens with one attached hydrogen (secondary N) is 2. The first-order chi connectivity index (χ1) is 25.7. The van der Waals surface area contributed by atoms with Gasteiger partial charge in [-0.2, -0.15) is 29.9 Å². The number of azide groups is 1. The maximum absolute atomic E-state index is 13.2. The number of hydrogen-bond donors (Lipinski definition) is 3. The Morgan fingerprint density at radius 2 is 1.78 bits per heavy atom. The number of Topliss-reactive ketones (excluding diaryl/α,β-unsaturated/α-hetero) is 1. The van der Waals surface area contributed by atoms with E-state index in [-0.39, 0.29) is 35.7 Å². The third-order valence-electron chi connectivity index (χ3n) is 9.62. The fourth-order valence-corrected chi connectivity index (χ4v) is 8.85. The summed E-state index contributed by atoms with van der Waals surface area (Å²) < 4.78 is 31.7. The predicted octanol–water partition coefficient (Wildman–Crippen LogP) is 5.99. The zero-order valence-electron chi connectivity index (χ0n) is 29.7. The molecule has 3 saturated heterocycles. The molecule has 0 radical (unpaired) electrons. The predicted molar refractivity (Wildman–Crippen MR) is 200 cm³/mol. The second kappa shape index (κ2) is 18.0. The lowest BCUT2D eigenvalue weighted by Gasteiger charge is -2.33. The molecule has 3 fully saturated rings. The number of benzene rings is 1. The monoisotopic (exact) mass is 790 g/mol. The van der Waals surface area contributed by atoms with E-state index in [1.807, 2.05) is 36.1 Å². The number of likely N-dealkylation sites (N-methyl/N-ethyl adjacent to an activating group) is 2. The number of rotatable bonds is 13. The van der Waals surface area contributed by atoms with Crippen LogP contribution in [0.2, 0.25) is 0 Å². The van der Waals surface area contributed by atoms with Gasteiger partial charge >= 0.3 is 18.2 Å². The Morgan fingerprint density at radius 3 is 2.44 bits per heavy atom. The van der Waals surface area contributed by atoms with Crippen molar-refractivity contribution in [1.82, 2.24) is 25.5 Å². The van der Waals surface area contributed by atoms with Gasteiger partial charge in [0, 0.05) is 79.8 Å². The van der Waals surface area contributed by atoms with E-state index in [4.69, 9.17) is 25.4 Å². The summed E-state index contributed by atoms with van der Waals surface area (Å²) in [4.78, 5) is 66.1. The molecule has 5 heterocycles. The minimum absolute atomic E-state index is 0.0636. The first kappa shape index (κ1) is 40.4. The topological polar surface area (TPSA) is 197 Å². The molecule has 54 heavy (non-hydrogen) atoms. The number of nitrogens with zero attached hydrogens (tertiary/aromatic N) is 8. The van der Waals surface area contributed by atoms with E-state index in [1.54, 1.807) is 40.5 Å². The number of thioether (sulfide) groups is 1. The number of thiophene rings is 1. The second-order valence-corrected chi connectivity index (χ2v) is 15.4. The fraction of sp³-hybridized carbons (Fsp3) is 0.529. The van der Waals surface area contributed by atoms with Crippen molar-refractivity contribution in [2.45, 2.75) is 62.0 Å². The number of carboxylic acids is 1. The lowest BCUT2D eigenvalue weighted by molar-refractivity contribution is -0.192. The van der Waals surface area contributed by atoms with Gasteiger partial charge in [-0.05, 0) is 42.7 Å². The number of aliphatic carboxylic acids is 1. The van der Waals surface area contributed by atoms with E-state index in [0.29, 0.717) is 55.0 Å². The number of halogens is 3. The molecule has 290 valence electrons. The molecule has 2 aromatic heterocycles. The summed E-state index contributed by atoms with van der Waals surface area (Å²) in [6.45, 7) is 2.58. The summed E-state index contributed by atoms with van der Waals surface area (Å²) in [7, 11) is 3.81. The van der Waals surface area contributed by atoms with Crippen LogP contribution in [-0.2, 0) is 9.59 Å². The maximum atomic E-state index is 13.2. The average Bonchev–Trinajstić information content (AvgIpc) is 3.88. The van der Waals surface area contributed by atoms with Crippen LogP contribution in [0.5, 0.6) is 0 Å². The Hall–Kier alpha value is -4.81. The van der Waals surface area contributed by atoms with Gasteiger partial charge in [0.05, 0.1) is 17.5 Å². The van der Waals surface area contributed by atoms with Crippen LogP contribution >= 0.6 is 23.1 Å². The Bertz CT molecular complexity index is 1870. The van der Waals surface area contributed by atoms with Gasteiger partial charge in [0.2, 0.25) is 11.9 Å². The van der Waals surface area contributed by atoms with Crippen LogP contribution in [0.15, 0.2) is 40.8 Å². The smallest absolute Gasteiger partial charge is 0.475 e. The number of fused-ring (bicyclic) bond motifs is 2. The molecule has 3 N–H and O–H groups in total. The summed E-state index contributed by atoms with van der Waals surface area (Å²) in [5.74, 6) is -0.138. The molecule has 3 aliphatic heterocycles. The van der Waals surface area contributed by atoms with Gasteiger partial charge in [-0.15, -0.1) is 11.3 Å². The summed E-state index contributed by atoms with van der Waals surface area (Å²) >= 11 is 3.49. The molecule has 15 nitrogen and oxygen atoms in total. The molecule has 3 aromatic rings. The van der Waals surface area contributed by atoms with Crippen molar-refractivity contribution in [2.75, 3.05) is 55.8 Å². The molecule has 0 spiro atoms. The van der Waals surface area contributed by atoms with Crippen molar-refractivity contribution in [2.24, 2.45) is 11.0 Å². The molecule has 0 bridgehead atoms. The third-order valence-corrected chi connectivity index (χ3v) is 11.9. The number of carbonyl (C=O) groups is 4. The fourth-order valence-electron chi connectivity index (χ4n) is 6.55. The van der Waals surface area contributed by atoms with Crippen molar-refractivity contribution in [1.29, 1.82) is 0 Å². The zero-order chi connectivity index (χ0) is 39.0. The normalized spacial score (nSPS) is 19.5. The number of carboxylic acid groups (broad SMARTS) is 1. The Morgan fingerprint density at radius 1 is 1.07 bits per heavy atom. The van der Waals surface area contributed by atoms with Gasteiger partial charge < -0.3 is 30.4 Å². The number of piperidine rings is 1. The lowest BCUT2D eigenvalue weighted by atomic mass is 9.89. The number of amides is 3. The molecule has 0 unspecified atom stereocenters. The molecule has 3 aliphatic rings. The highest BCUT2D eigenvalue weighted by Gasteiger charge is 2.42. The number of hydrogen-bond acceptors (Lipinski definition) is 11. The molecular formula is C34H41F3N10O5S2. The molecule has 3 amide bonds. The molecule has 0 saturated carbocycles. The summed E-state index contributed by atoms with van der Waals surface area (Å²) in [6.07, 6.45) is -0.330. The number of unbranched alkanes of at least 4 members (excludes halogenated alkanes) is 1. The van der Waals surface area contributed by atoms with E-state index >= 15 is 0 Å². The highest BCUT2D eigenvalue weighted by atomic mass is 32.2. The van der Waals surface area contributed by atoms with Crippen molar-refractivity contribution in [3.8, 4) is 0 Å². The maximum Gasteiger partial charge on any atom is 0.490 e. The van der Waals surface area contributed by atoms with Crippen LogP contribution in [0.25, 0.3) is 20.7 Å². The van der Waals surface area contributed by atoms with Crippen LogP contribution < -0.4 is 20.4 Å². The van der Waals surface area contributed by atoms with E-state index in [0.717, 1.165) is 53.9 Å². The molecule has 3 atom stereocenters. The Balaban J connectivity index is 0.000000730. The van der Waals surface area contributed by atoms with E-state index in [9.17, 15) is 27.6 Å². The molecule has 1 aromatic carbocycles. The van der Waals surface area contributed by atoms with Gasteiger partial charge in [0.25, 0.3) is 0 Å². The number of urea groups is 1. The first-order valence-electron chi connectivity index (χ1n) is 17.4. The number of aromatic nitrogens is 2. The van der Waals surface area contributed by atoms with Crippen molar-refractivity contribution in [3.05, 3.63) is 51.7 Å². The number of ketones is 1. The van der Waals surface area contributed by atoms with Crippen LogP contribution in [0.4, 0.5) is 35.4 Å². The third kappa shape index (κ3) is 10.2. The molecule has 0 aliphatic carbocycles. The molecule has 6 rings (SSSR count). The lowest BCUT2D eigenvalue weighted by Crippen LogP contribution is -2.38. The van der Waals surface area contributed by atoms with Crippen LogP contribution in [0.3, 0.4) is 0 Å². The quantitative estimate of drug-likeness (QED) is 0.0462. The van der Waals surface area contributed by atoms with E-state index in [2.05, 4.69) is 31.6 Å². The van der Waals surface area contributed by atoms with E-state index < -0.39 is 12.1 Å². The Kier molecular flexibility index (Phi) is 13.5. The highest BCUT2D eigenvalue weighted by molar-refractivity contribution is 8.00. The first-order valence-corrected chi connectivity index (χ1v) is 19.3. The van der Waals surface area contributed by atoms with E-state index in [1.165, 1.54) is 0 Å². The summed E-state index contributed by atoms with van der Waals surface area (Å²) in [5, 5.41) is 20.2. The molecule has 20 heteroatoms. The molecular weight excluding hydrogens is 750 g/mol. The van der Waals surface area contributed by atoms with Gasteiger partial charge in [0.1, 0.15) is 10.6 Å². The summed E-state index contributed by atoms with van der Waals surface area (Å²) in [5.41, 5.74) is 9.75. The van der Waals surface area contributed by atoms with Crippen LogP contribution in [0, 0.1) is 5.92 Å². The number of alkyl halides is 3. The van der Waals surface area contributed by atoms with Gasteiger partial charge in [-0.3, -0.25) is 9.59 Å². The minimum Gasteiger partial charge on any atom is -0.475 e. The second-order valence-electron chi connectivity index (χ2n) is 13.3. The summed E-state index contributed by atoms with van der Waals surface area (Å²) in [6, 6.07) is 9.22. The van der Waals surface area contributed by atoms with Crippen molar-refractivity contribution < 1.29 is 37.5 Å². The Labute approximate surface area is 317 Å². The van der Waals surface area contributed by atoms with Crippen molar-refractivity contribution >= 4 is 74.5 Å². The van der Waals surface area contributed by atoms with Gasteiger partial charge in [0.15, 0.2) is 5.78 Å². The largest absolute Gasteiger partial charge is 0.490 e. The SMILES string of the molecule is CN(CCN(C)c1nc(N2CCC(C(=O)c3ccc(N=[N+]=[N-])cc3)CC2)c2ccsc2n1)C(=O)CCCC[C@@H]1SC[C@@H]2NC(=O)N[C@@H]21.O=C(O)C(F)(F)F. The number of carbonyl (C=O) groups excluding carboxylic acids is 3. The minimum atomic E-state index is -5.08. The van der Waals surface area contributed by atoms with Gasteiger partial charge in [-0.1, -0.05) is 35.8 Å². The van der Waals surface area contributed by atoms with Crippen LogP contribution in [-0.4, -0.2) is 113 Å².